The van der Waals surface area contributed by atoms with E-state index in [1.54, 1.807) is 17.0 Å². The molecule has 1 N–H and O–H groups in total. The predicted molar refractivity (Wildman–Crippen MR) is 57.1 cm³/mol. The van der Waals surface area contributed by atoms with Crippen LogP contribution in [0.5, 0.6) is 0 Å². The molecule has 1 saturated heterocycles. The highest BCUT2D eigenvalue weighted by Crippen LogP contribution is 2.15. The molecule has 0 saturated carbocycles. The Morgan fingerprint density at radius 2 is 2.47 bits per heavy atom. The van der Waals surface area contributed by atoms with Crippen molar-refractivity contribution >= 4 is 17.5 Å². The summed E-state index contributed by atoms with van der Waals surface area (Å²) in [6, 6.07) is 3.52. The van der Waals surface area contributed by atoms with E-state index in [2.05, 4.69) is 12.2 Å². The van der Waals surface area contributed by atoms with E-state index in [4.69, 9.17) is 16.0 Å². The van der Waals surface area contributed by atoms with Crippen molar-refractivity contribution in [1.82, 2.24) is 10.2 Å². The van der Waals surface area contributed by atoms with Crippen LogP contribution in [0.2, 0.25) is 5.22 Å². The third-order valence-electron chi connectivity index (χ3n) is 2.44. The quantitative estimate of drug-likeness (QED) is 0.790. The number of halogens is 1. The van der Waals surface area contributed by atoms with E-state index in [9.17, 15) is 4.79 Å². The minimum absolute atomic E-state index is 0.0877. The zero-order chi connectivity index (χ0) is 10.8. The number of hydrogen-bond acceptors (Lipinski definition) is 3. The molecule has 5 heteroatoms. The number of amides is 1. The van der Waals surface area contributed by atoms with Gasteiger partial charge in [0.1, 0.15) is 0 Å². The molecule has 82 valence electrons. The largest absolute Gasteiger partial charge is 0.440 e. The van der Waals surface area contributed by atoms with Gasteiger partial charge in [-0.3, -0.25) is 4.79 Å². The smallest absolute Gasteiger partial charge is 0.289 e. The number of furan rings is 1. The third-order valence-corrected chi connectivity index (χ3v) is 2.64. The van der Waals surface area contributed by atoms with Crippen LogP contribution in [0.1, 0.15) is 17.5 Å². The summed E-state index contributed by atoms with van der Waals surface area (Å²) in [7, 11) is 0. The van der Waals surface area contributed by atoms with E-state index in [-0.39, 0.29) is 11.1 Å². The molecule has 1 atom stereocenters. The highest BCUT2D eigenvalue weighted by atomic mass is 35.5. The average Bonchev–Trinajstić information content (AvgIpc) is 2.64. The molecule has 0 aromatic carbocycles. The molecular formula is C10H13ClN2O2. The number of rotatable bonds is 1. The van der Waals surface area contributed by atoms with Crippen molar-refractivity contribution in [2.45, 2.75) is 13.0 Å². The summed E-state index contributed by atoms with van der Waals surface area (Å²) in [4.78, 5) is 13.7. The Labute approximate surface area is 93.2 Å². The summed E-state index contributed by atoms with van der Waals surface area (Å²) in [6.45, 7) is 4.29. The Kier molecular flexibility index (Phi) is 2.98. The summed E-state index contributed by atoms with van der Waals surface area (Å²) < 4.78 is 5.09. The van der Waals surface area contributed by atoms with Gasteiger partial charge in [0.2, 0.25) is 0 Å². The first-order valence-corrected chi connectivity index (χ1v) is 5.32. The predicted octanol–water partition coefficient (Wildman–Crippen LogP) is 1.37. The average molecular weight is 229 g/mol. The second-order valence-electron chi connectivity index (χ2n) is 3.71. The van der Waals surface area contributed by atoms with E-state index in [0.717, 1.165) is 6.54 Å². The fraction of sp³-hybridized carbons (Fsp3) is 0.500. The normalized spacial score (nSPS) is 21.7. The molecule has 1 aliphatic rings. The molecule has 0 bridgehead atoms. The summed E-state index contributed by atoms with van der Waals surface area (Å²) in [6.07, 6.45) is 0. The van der Waals surface area contributed by atoms with Gasteiger partial charge < -0.3 is 14.6 Å². The molecule has 4 nitrogen and oxygen atoms in total. The first-order valence-electron chi connectivity index (χ1n) is 4.95. The molecule has 1 aliphatic heterocycles. The van der Waals surface area contributed by atoms with Crippen LogP contribution in [-0.2, 0) is 0 Å². The Balaban J connectivity index is 2.07. The first kappa shape index (κ1) is 10.5. The molecule has 1 aromatic heterocycles. The van der Waals surface area contributed by atoms with Gasteiger partial charge in [-0.05, 0) is 30.7 Å². The van der Waals surface area contributed by atoms with Crippen LogP contribution in [0, 0.1) is 0 Å². The fourth-order valence-corrected chi connectivity index (χ4v) is 1.85. The van der Waals surface area contributed by atoms with Crippen molar-refractivity contribution in [1.29, 1.82) is 0 Å². The molecule has 15 heavy (non-hydrogen) atoms. The maximum absolute atomic E-state index is 11.9. The topological polar surface area (TPSA) is 45.5 Å². The zero-order valence-corrected chi connectivity index (χ0v) is 9.25. The standard InChI is InChI=1S/C10H13ClN2O2/c1-7-6-13(5-4-12-7)10(14)8-2-3-9(11)15-8/h2-3,7,12H,4-6H2,1H3/t7-/m0/s1. The lowest BCUT2D eigenvalue weighted by molar-refractivity contribution is 0.0677. The zero-order valence-electron chi connectivity index (χ0n) is 8.50. The lowest BCUT2D eigenvalue weighted by Crippen LogP contribution is -2.51. The lowest BCUT2D eigenvalue weighted by atomic mass is 10.2. The lowest BCUT2D eigenvalue weighted by Gasteiger charge is -2.31. The summed E-state index contributed by atoms with van der Waals surface area (Å²) >= 11 is 5.62. The van der Waals surface area contributed by atoms with Gasteiger partial charge in [-0.15, -0.1) is 0 Å². The van der Waals surface area contributed by atoms with Crippen molar-refractivity contribution in [3.05, 3.63) is 23.1 Å². The van der Waals surface area contributed by atoms with Gasteiger partial charge in [-0.1, -0.05) is 0 Å². The number of nitrogens with zero attached hydrogens (tertiary/aromatic N) is 1. The Hall–Kier alpha value is -1.00. The number of carbonyl (C=O) groups excluding carboxylic acids is 1. The van der Waals surface area contributed by atoms with E-state index in [1.807, 2.05) is 0 Å². The number of hydrogen-bond donors (Lipinski definition) is 1. The van der Waals surface area contributed by atoms with Crippen LogP contribution in [0.25, 0.3) is 0 Å². The Bertz CT molecular complexity index is 364. The van der Waals surface area contributed by atoms with Crippen LogP contribution >= 0.6 is 11.6 Å². The van der Waals surface area contributed by atoms with Gasteiger partial charge >= 0.3 is 0 Å². The highest BCUT2D eigenvalue weighted by Gasteiger charge is 2.23. The molecule has 2 rings (SSSR count). The highest BCUT2D eigenvalue weighted by molar-refractivity contribution is 6.29. The molecular weight excluding hydrogens is 216 g/mol. The van der Waals surface area contributed by atoms with Crippen LogP contribution in [0.3, 0.4) is 0 Å². The maximum atomic E-state index is 11.9. The molecule has 0 aliphatic carbocycles. The number of nitrogens with one attached hydrogen (secondary N) is 1. The Morgan fingerprint density at radius 1 is 1.67 bits per heavy atom. The van der Waals surface area contributed by atoms with Crippen molar-refractivity contribution in [3.8, 4) is 0 Å². The number of carbonyl (C=O) groups is 1. The molecule has 0 spiro atoms. The van der Waals surface area contributed by atoms with Crippen molar-refractivity contribution < 1.29 is 9.21 Å². The van der Waals surface area contributed by atoms with Gasteiger partial charge in [0, 0.05) is 25.7 Å². The van der Waals surface area contributed by atoms with E-state index < -0.39 is 0 Å². The Morgan fingerprint density at radius 3 is 3.07 bits per heavy atom. The third kappa shape index (κ3) is 2.33. The van der Waals surface area contributed by atoms with Crippen LogP contribution in [0.4, 0.5) is 0 Å². The summed E-state index contributed by atoms with van der Waals surface area (Å²) in [5, 5.41) is 3.52. The maximum Gasteiger partial charge on any atom is 0.289 e. The minimum atomic E-state index is -0.0877. The second-order valence-corrected chi connectivity index (χ2v) is 4.08. The van der Waals surface area contributed by atoms with Crippen molar-refractivity contribution in [3.63, 3.8) is 0 Å². The van der Waals surface area contributed by atoms with Crippen molar-refractivity contribution in [2.24, 2.45) is 0 Å². The van der Waals surface area contributed by atoms with Gasteiger partial charge in [0.15, 0.2) is 11.0 Å². The molecule has 0 radical (unpaired) electrons. The molecule has 1 amide bonds. The van der Waals surface area contributed by atoms with Gasteiger partial charge in [-0.2, -0.15) is 0 Å². The number of piperazine rings is 1. The summed E-state index contributed by atoms with van der Waals surface area (Å²) in [5.41, 5.74) is 0. The SMILES string of the molecule is C[C@H]1CN(C(=O)c2ccc(Cl)o2)CCN1. The van der Waals surface area contributed by atoms with Crippen LogP contribution < -0.4 is 5.32 Å². The molecule has 2 heterocycles. The van der Waals surface area contributed by atoms with E-state index >= 15 is 0 Å². The fourth-order valence-electron chi connectivity index (χ4n) is 1.70. The van der Waals surface area contributed by atoms with E-state index in [0.29, 0.717) is 24.9 Å². The second kappa shape index (κ2) is 4.24. The molecule has 1 aromatic rings. The minimum Gasteiger partial charge on any atom is -0.440 e. The van der Waals surface area contributed by atoms with Gasteiger partial charge in [0.05, 0.1) is 0 Å². The van der Waals surface area contributed by atoms with Crippen LogP contribution in [0.15, 0.2) is 16.5 Å². The van der Waals surface area contributed by atoms with Crippen LogP contribution in [-0.4, -0.2) is 36.5 Å². The van der Waals surface area contributed by atoms with Gasteiger partial charge in [0.25, 0.3) is 5.91 Å². The van der Waals surface area contributed by atoms with Gasteiger partial charge in [-0.25, -0.2) is 0 Å². The first-order chi connectivity index (χ1) is 7.16. The molecule has 1 fully saturated rings. The van der Waals surface area contributed by atoms with E-state index in [1.165, 1.54) is 0 Å². The molecule has 0 unspecified atom stereocenters. The monoisotopic (exact) mass is 228 g/mol. The summed E-state index contributed by atoms with van der Waals surface area (Å²) in [5.74, 6) is 0.226. The van der Waals surface area contributed by atoms with Crippen molar-refractivity contribution in [2.75, 3.05) is 19.6 Å².